The largest absolute Gasteiger partial charge is 0.471 e. The van der Waals surface area contributed by atoms with E-state index in [0.29, 0.717) is 27.6 Å². The lowest BCUT2D eigenvalue weighted by Crippen LogP contribution is -2.42. The van der Waals surface area contributed by atoms with Gasteiger partial charge >= 0.3 is 27.5 Å². The number of fused-ring (bicyclic) bond motifs is 1. The third-order valence-electron chi connectivity index (χ3n) is 7.17. The summed E-state index contributed by atoms with van der Waals surface area (Å²) in [6.45, 7) is 2.00. The van der Waals surface area contributed by atoms with Crippen LogP contribution in [0.4, 0.5) is 19.0 Å². The van der Waals surface area contributed by atoms with Crippen LogP contribution in [0, 0.1) is 5.92 Å². The van der Waals surface area contributed by atoms with Crippen LogP contribution >= 0.6 is 15.6 Å². The smallest absolute Gasteiger partial charge is 0.303 e. The minimum Gasteiger partial charge on any atom is -0.303 e. The van der Waals surface area contributed by atoms with E-state index in [9.17, 15) is 31.9 Å². The van der Waals surface area contributed by atoms with Gasteiger partial charge in [0, 0.05) is 29.3 Å². The van der Waals surface area contributed by atoms with Crippen LogP contribution < -0.4 is 11.2 Å². The number of nitrogens with zero attached hydrogens (tertiary/aromatic N) is 7. The van der Waals surface area contributed by atoms with E-state index in [0.717, 1.165) is 16.4 Å². The molecule has 0 unspecified atom stereocenters. The SMILES string of the molecule is C=C([C@H]1C[C@@H]1c1ccc2cnn(CC(F)(F)F)c2c1)n1nccc1N=C(C)c1cn(COP(=O)(O)O)c(=O)n(COP(=O)(O)O)c1=O. The van der Waals surface area contributed by atoms with Crippen LogP contribution in [0.3, 0.4) is 0 Å². The molecule has 1 aliphatic rings. The van der Waals surface area contributed by atoms with E-state index in [-0.39, 0.29) is 33.5 Å². The molecule has 4 aromatic rings. The second kappa shape index (κ2) is 12.6. The number of phosphoric acid groups is 2. The van der Waals surface area contributed by atoms with Crippen LogP contribution in [0.25, 0.3) is 16.6 Å². The predicted octanol–water partition coefficient (Wildman–Crippen LogP) is 2.67. The maximum atomic E-state index is 13.2. The van der Waals surface area contributed by atoms with Gasteiger partial charge < -0.3 is 19.6 Å². The van der Waals surface area contributed by atoms with Gasteiger partial charge in [-0.3, -0.25) is 23.1 Å². The first-order valence-corrected chi connectivity index (χ1v) is 16.4. The van der Waals surface area contributed by atoms with E-state index >= 15 is 0 Å². The average Bonchev–Trinajstić information content (AvgIpc) is 3.47. The molecule has 22 heteroatoms. The Morgan fingerprint density at radius 1 is 1.09 bits per heavy atom. The Morgan fingerprint density at radius 3 is 2.43 bits per heavy atom. The number of allylic oxidation sites excluding steroid dienone is 1. The first kappa shape index (κ1) is 34.3. The van der Waals surface area contributed by atoms with Crippen molar-refractivity contribution in [3.05, 3.63) is 81.4 Å². The predicted molar refractivity (Wildman–Crippen MR) is 157 cm³/mol. The highest BCUT2D eigenvalue weighted by atomic mass is 31.2. The number of phosphoric ester groups is 2. The third kappa shape index (κ3) is 8.11. The molecule has 0 bridgehead atoms. The van der Waals surface area contributed by atoms with Crippen molar-refractivity contribution in [2.75, 3.05) is 0 Å². The Morgan fingerprint density at radius 2 is 1.77 bits per heavy atom. The number of hydrogen-bond donors (Lipinski definition) is 4. The third-order valence-corrected chi connectivity index (χ3v) is 8.07. The quantitative estimate of drug-likeness (QED) is 0.123. The molecule has 1 fully saturated rings. The molecule has 0 saturated heterocycles. The Hall–Kier alpha value is -4.00. The molecule has 0 aliphatic heterocycles. The molecule has 2 atom stereocenters. The van der Waals surface area contributed by atoms with E-state index in [4.69, 9.17) is 19.6 Å². The van der Waals surface area contributed by atoms with Gasteiger partial charge in [0.2, 0.25) is 0 Å². The molecule has 47 heavy (non-hydrogen) atoms. The van der Waals surface area contributed by atoms with Gasteiger partial charge in [-0.15, -0.1) is 0 Å². The monoisotopic (exact) mass is 703 g/mol. The van der Waals surface area contributed by atoms with E-state index in [1.807, 2.05) is 0 Å². The first-order valence-electron chi connectivity index (χ1n) is 13.4. The molecule has 1 aromatic carbocycles. The standard InChI is InChI=1S/C25H26F3N7O10P2/c1-14(20-10-32(12-44-46(38,39)40)24(37)33(23(20)36)13-45-47(41,42)43)31-22-5-6-29-35(22)15(2)18-8-19(18)16-3-4-17-9-30-34(21(17)7-16)11-25(26,27)28/h3-7,9-10,18-19H,2,8,11-13H2,1H3,(H2,38,39,40)(H2,41,42,43)/t18-,19-/m1/s1. The van der Waals surface area contributed by atoms with Crippen molar-refractivity contribution in [2.24, 2.45) is 10.9 Å². The van der Waals surface area contributed by atoms with Gasteiger partial charge in [0.15, 0.2) is 5.82 Å². The Bertz CT molecular complexity index is 2110. The molecule has 3 aromatic heterocycles. The molecule has 0 spiro atoms. The number of rotatable bonds is 12. The lowest BCUT2D eigenvalue weighted by molar-refractivity contribution is -0.141. The van der Waals surface area contributed by atoms with Crippen molar-refractivity contribution in [3.8, 4) is 0 Å². The minimum absolute atomic E-state index is 0.0462. The molecule has 4 N–H and O–H groups in total. The van der Waals surface area contributed by atoms with Crippen LogP contribution in [0.2, 0.25) is 0 Å². The summed E-state index contributed by atoms with van der Waals surface area (Å²) in [4.78, 5) is 66.6. The van der Waals surface area contributed by atoms with Crippen LogP contribution in [0.15, 0.2) is 64.0 Å². The van der Waals surface area contributed by atoms with Gasteiger partial charge in [-0.2, -0.15) is 23.4 Å². The fraction of sp³-hybridized carbons (Fsp3) is 0.320. The molecule has 0 radical (unpaired) electrons. The molecular weight excluding hydrogens is 677 g/mol. The summed E-state index contributed by atoms with van der Waals surface area (Å²) in [5, 5.41) is 8.66. The zero-order chi connectivity index (χ0) is 34.5. The van der Waals surface area contributed by atoms with Crippen molar-refractivity contribution in [3.63, 3.8) is 0 Å². The summed E-state index contributed by atoms with van der Waals surface area (Å²) < 4.78 is 73.3. The minimum atomic E-state index is -5.15. The van der Waals surface area contributed by atoms with E-state index in [1.165, 1.54) is 30.1 Å². The van der Waals surface area contributed by atoms with E-state index < -0.39 is 53.1 Å². The van der Waals surface area contributed by atoms with Gasteiger partial charge in [0.1, 0.15) is 20.0 Å². The van der Waals surface area contributed by atoms with E-state index in [1.54, 1.807) is 18.2 Å². The van der Waals surface area contributed by atoms with Gasteiger partial charge in [0.25, 0.3) is 5.56 Å². The number of benzene rings is 1. The van der Waals surface area contributed by atoms with Crippen molar-refractivity contribution in [2.45, 2.75) is 45.4 Å². The molecule has 3 heterocycles. The molecule has 5 rings (SSSR count). The summed E-state index contributed by atoms with van der Waals surface area (Å²) in [7, 11) is -10.2. The Kier molecular flexibility index (Phi) is 9.17. The molecule has 1 saturated carbocycles. The van der Waals surface area contributed by atoms with Crippen molar-refractivity contribution in [1.82, 2.24) is 28.7 Å². The molecule has 17 nitrogen and oxygen atoms in total. The van der Waals surface area contributed by atoms with Gasteiger partial charge in [0.05, 0.1) is 29.2 Å². The van der Waals surface area contributed by atoms with Crippen molar-refractivity contribution >= 4 is 43.8 Å². The number of aliphatic imine (C=N–C) groups is 1. The summed E-state index contributed by atoms with van der Waals surface area (Å²) >= 11 is 0. The molecule has 1 aliphatic carbocycles. The first-order chi connectivity index (χ1) is 21.8. The van der Waals surface area contributed by atoms with E-state index in [2.05, 4.69) is 30.8 Å². The number of alkyl halides is 3. The van der Waals surface area contributed by atoms with Crippen LogP contribution in [-0.4, -0.2) is 60.2 Å². The Balaban J connectivity index is 1.42. The average molecular weight is 703 g/mol. The van der Waals surface area contributed by atoms with Gasteiger partial charge in [-0.1, -0.05) is 18.7 Å². The Labute approximate surface area is 261 Å². The topological polar surface area (TPSA) is 226 Å². The zero-order valence-corrected chi connectivity index (χ0v) is 25.9. The van der Waals surface area contributed by atoms with Crippen LogP contribution in [-0.2, 0) is 38.2 Å². The maximum absolute atomic E-state index is 13.2. The lowest BCUT2D eigenvalue weighted by Gasteiger charge is -2.14. The number of hydrogen-bond acceptors (Lipinski definition) is 9. The zero-order valence-electron chi connectivity index (χ0n) is 24.1. The summed E-state index contributed by atoms with van der Waals surface area (Å²) in [6.07, 6.45) is -0.176. The normalized spacial score (nSPS) is 17.4. The fourth-order valence-electron chi connectivity index (χ4n) is 4.92. The second-order valence-corrected chi connectivity index (χ2v) is 13.0. The molecule has 252 valence electrons. The van der Waals surface area contributed by atoms with Crippen LogP contribution in [0.5, 0.6) is 0 Å². The highest BCUT2D eigenvalue weighted by molar-refractivity contribution is 7.46. The number of halogens is 3. The lowest BCUT2D eigenvalue weighted by atomic mass is 10.1. The number of aromatic nitrogens is 6. The maximum Gasteiger partial charge on any atom is 0.471 e. The van der Waals surface area contributed by atoms with Gasteiger partial charge in [-0.25, -0.2) is 28.2 Å². The van der Waals surface area contributed by atoms with Crippen molar-refractivity contribution in [1.29, 1.82) is 0 Å². The highest BCUT2D eigenvalue weighted by Gasteiger charge is 2.42. The summed E-state index contributed by atoms with van der Waals surface area (Å²) in [5.41, 5.74) is -1.12. The molecule has 0 amide bonds. The van der Waals surface area contributed by atoms with Gasteiger partial charge in [-0.05, 0) is 30.9 Å². The summed E-state index contributed by atoms with van der Waals surface area (Å²) in [6, 6.07) is 6.64. The summed E-state index contributed by atoms with van der Waals surface area (Å²) in [5.74, 6) is -0.0881. The van der Waals surface area contributed by atoms with Crippen molar-refractivity contribution < 1.29 is 50.9 Å². The van der Waals surface area contributed by atoms with Crippen LogP contribution in [0.1, 0.15) is 30.4 Å². The fourth-order valence-corrected chi connectivity index (χ4v) is 5.46. The highest BCUT2D eigenvalue weighted by Crippen LogP contribution is 2.53. The molecular formula is C25H26F3N7O10P2. The second-order valence-electron chi connectivity index (χ2n) is 10.5.